The summed E-state index contributed by atoms with van der Waals surface area (Å²) in [5, 5.41) is 2.34. The highest BCUT2D eigenvalue weighted by Gasteiger charge is 2.30. The summed E-state index contributed by atoms with van der Waals surface area (Å²) >= 11 is 0. The summed E-state index contributed by atoms with van der Waals surface area (Å²) in [7, 11) is -3.64. The lowest BCUT2D eigenvalue weighted by atomic mass is 10.2. The van der Waals surface area contributed by atoms with Crippen molar-refractivity contribution in [3.8, 4) is 5.75 Å². The third-order valence-corrected chi connectivity index (χ3v) is 3.88. The van der Waals surface area contributed by atoms with E-state index >= 15 is 0 Å². The van der Waals surface area contributed by atoms with Gasteiger partial charge in [0.25, 0.3) is 10.1 Å². The lowest BCUT2D eigenvalue weighted by Gasteiger charge is -2.19. The smallest absolute Gasteiger partial charge is 0.416 e. The van der Waals surface area contributed by atoms with Gasteiger partial charge in [-0.3, -0.25) is 4.18 Å². The lowest BCUT2D eigenvalue weighted by molar-refractivity contribution is -0.137. The number of ether oxygens (including phenoxy) is 2. The van der Waals surface area contributed by atoms with Gasteiger partial charge in [0.1, 0.15) is 18.5 Å². The van der Waals surface area contributed by atoms with Crippen LogP contribution < -0.4 is 10.1 Å². The Balaban J connectivity index is 2.49. The standard InChI is InChI=1S/C16H22F3NO6S/c1-4-13(25-15(21)20-9-11(2)26-27(3,22)23)10-24-14-7-5-6-12(8-14)16(17,18)19/h5-8,11,13H,4,9-10H2,1-3H3,(H,20,21). The number of hydrogen-bond donors (Lipinski definition) is 1. The lowest BCUT2D eigenvalue weighted by Crippen LogP contribution is -2.36. The Labute approximate surface area is 155 Å². The van der Waals surface area contributed by atoms with Crippen LogP contribution in [0.5, 0.6) is 5.75 Å². The molecule has 0 saturated carbocycles. The second-order valence-corrected chi connectivity index (χ2v) is 7.36. The summed E-state index contributed by atoms with van der Waals surface area (Å²) < 4.78 is 75.0. The van der Waals surface area contributed by atoms with E-state index in [2.05, 4.69) is 9.50 Å². The minimum absolute atomic E-state index is 0.00228. The Kier molecular flexibility index (Phi) is 8.35. The average molecular weight is 413 g/mol. The summed E-state index contributed by atoms with van der Waals surface area (Å²) in [6.45, 7) is 2.93. The van der Waals surface area contributed by atoms with E-state index < -0.39 is 40.2 Å². The molecule has 2 unspecified atom stereocenters. The average Bonchev–Trinajstić information content (AvgIpc) is 2.54. The first-order valence-corrected chi connectivity index (χ1v) is 9.85. The van der Waals surface area contributed by atoms with Crippen LogP contribution >= 0.6 is 0 Å². The number of hydrogen-bond acceptors (Lipinski definition) is 6. The molecule has 0 radical (unpaired) electrons. The summed E-state index contributed by atoms with van der Waals surface area (Å²) in [5.74, 6) is 0.00228. The Morgan fingerprint density at radius 3 is 2.52 bits per heavy atom. The number of benzene rings is 1. The molecule has 1 aromatic rings. The van der Waals surface area contributed by atoms with Gasteiger partial charge < -0.3 is 14.8 Å². The Morgan fingerprint density at radius 2 is 1.96 bits per heavy atom. The van der Waals surface area contributed by atoms with Crippen LogP contribution in [-0.2, 0) is 25.2 Å². The van der Waals surface area contributed by atoms with Crippen LogP contribution in [0.4, 0.5) is 18.0 Å². The third kappa shape index (κ3) is 9.48. The molecule has 154 valence electrons. The molecule has 1 aromatic carbocycles. The first kappa shape index (κ1) is 23.0. The van der Waals surface area contributed by atoms with Gasteiger partial charge in [-0.05, 0) is 31.5 Å². The number of alkyl carbamates (subject to hydrolysis) is 1. The van der Waals surface area contributed by atoms with Crippen LogP contribution in [0.2, 0.25) is 0 Å². The van der Waals surface area contributed by atoms with E-state index in [1.54, 1.807) is 6.92 Å². The number of halogens is 3. The summed E-state index contributed by atoms with van der Waals surface area (Å²) in [5.41, 5.74) is -0.841. The molecule has 0 saturated heterocycles. The largest absolute Gasteiger partial charge is 0.490 e. The molecule has 0 heterocycles. The monoisotopic (exact) mass is 413 g/mol. The van der Waals surface area contributed by atoms with E-state index in [4.69, 9.17) is 9.47 Å². The molecule has 0 spiro atoms. The predicted octanol–water partition coefficient (Wildman–Crippen LogP) is 2.95. The molecule has 11 heteroatoms. The molecule has 1 N–H and O–H groups in total. The molecule has 0 aromatic heterocycles. The molecule has 0 aliphatic carbocycles. The van der Waals surface area contributed by atoms with Crippen molar-refractivity contribution < 1.29 is 40.0 Å². The fourth-order valence-electron chi connectivity index (χ4n) is 1.94. The van der Waals surface area contributed by atoms with Gasteiger partial charge in [-0.15, -0.1) is 0 Å². The number of carbonyl (C=O) groups is 1. The summed E-state index contributed by atoms with van der Waals surface area (Å²) in [4.78, 5) is 11.7. The maximum atomic E-state index is 12.7. The second kappa shape index (κ2) is 9.79. The molecule has 0 aliphatic heterocycles. The van der Waals surface area contributed by atoms with Gasteiger partial charge in [-0.1, -0.05) is 13.0 Å². The van der Waals surface area contributed by atoms with Gasteiger partial charge in [0.2, 0.25) is 0 Å². The molecule has 1 rings (SSSR count). The van der Waals surface area contributed by atoms with Crippen molar-refractivity contribution in [3.05, 3.63) is 29.8 Å². The van der Waals surface area contributed by atoms with Crippen molar-refractivity contribution >= 4 is 16.2 Å². The Hall–Kier alpha value is -2.01. The first-order valence-electron chi connectivity index (χ1n) is 8.03. The van der Waals surface area contributed by atoms with Crippen molar-refractivity contribution in [2.45, 2.75) is 38.7 Å². The van der Waals surface area contributed by atoms with Crippen molar-refractivity contribution in [1.82, 2.24) is 5.32 Å². The molecule has 1 amide bonds. The molecule has 27 heavy (non-hydrogen) atoms. The van der Waals surface area contributed by atoms with Gasteiger partial charge in [0.05, 0.1) is 17.9 Å². The number of carbonyl (C=O) groups excluding carboxylic acids is 1. The minimum Gasteiger partial charge on any atom is -0.490 e. The molecule has 0 bridgehead atoms. The zero-order valence-corrected chi connectivity index (χ0v) is 15.9. The van der Waals surface area contributed by atoms with Gasteiger partial charge in [0.15, 0.2) is 0 Å². The highest BCUT2D eigenvalue weighted by atomic mass is 32.2. The topological polar surface area (TPSA) is 90.9 Å². The zero-order chi connectivity index (χ0) is 20.7. The van der Waals surface area contributed by atoms with E-state index in [9.17, 15) is 26.4 Å². The van der Waals surface area contributed by atoms with E-state index in [0.29, 0.717) is 6.42 Å². The van der Waals surface area contributed by atoms with Crippen molar-refractivity contribution in [1.29, 1.82) is 0 Å². The predicted molar refractivity (Wildman–Crippen MR) is 90.9 cm³/mol. The molecule has 0 fully saturated rings. The number of amides is 1. The van der Waals surface area contributed by atoms with Crippen LogP contribution in [0.1, 0.15) is 25.8 Å². The molecule has 2 atom stereocenters. The van der Waals surface area contributed by atoms with E-state index in [-0.39, 0.29) is 18.9 Å². The Morgan fingerprint density at radius 1 is 1.30 bits per heavy atom. The van der Waals surface area contributed by atoms with E-state index in [1.165, 1.54) is 19.1 Å². The molecular formula is C16H22F3NO6S. The third-order valence-electron chi connectivity index (χ3n) is 3.20. The van der Waals surface area contributed by atoms with Gasteiger partial charge in [-0.25, -0.2) is 4.79 Å². The van der Waals surface area contributed by atoms with Gasteiger partial charge in [0, 0.05) is 6.54 Å². The number of rotatable bonds is 9. The van der Waals surface area contributed by atoms with Crippen LogP contribution in [-0.4, -0.2) is 46.1 Å². The van der Waals surface area contributed by atoms with Gasteiger partial charge >= 0.3 is 12.3 Å². The van der Waals surface area contributed by atoms with Crippen LogP contribution in [0, 0.1) is 0 Å². The fraction of sp³-hybridized carbons (Fsp3) is 0.562. The maximum absolute atomic E-state index is 12.7. The highest BCUT2D eigenvalue weighted by Crippen LogP contribution is 2.31. The zero-order valence-electron chi connectivity index (χ0n) is 15.1. The van der Waals surface area contributed by atoms with Crippen LogP contribution in [0.25, 0.3) is 0 Å². The normalized spacial score (nSPS) is 14.3. The molecular weight excluding hydrogens is 391 g/mol. The van der Waals surface area contributed by atoms with Crippen LogP contribution in [0.3, 0.4) is 0 Å². The Bertz CT molecular complexity index is 723. The van der Waals surface area contributed by atoms with Crippen molar-refractivity contribution in [2.75, 3.05) is 19.4 Å². The van der Waals surface area contributed by atoms with Crippen LogP contribution in [0.15, 0.2) is 24.3 Å². The second-order valence-electron chi connectivity index (χ2n) is 5.76. The fourth-order valence-corrected chi connectivity index (χ4v) is 2.60. The molecule has 0 aliphatic rings. The summed E-state index contributed by atoms with van der Waals surface area (Å²) in [6.07, 6.45) is -5.54. The SMILES string of the molecule is CCC(COc1cccc(C(F)(F)F)c1)OC(=O)NCC(C)OS(C)(=O)=O. The number of nitrogens with one attached hydrogen (secondary N) is 1. The molecule has 7 nitrogen and oxygen atoms in total. The van der Waals surface area contributed by atoms with Crippen molar-refractivity contribution in [2.24, 2.45) is 0 Å². The van der Waals surface area contributed by atoms with E-state index in [0.717, 1.165) is 18.4 Å². The first-order chi connectivity index (χ1) is 12.4. The summed E-state index contributed by atoms with van der Waals surface area (Å²) in [6, 6.07) is 4.37. The van der Waals surface area contributed by atoms with E-state index in [1.807, 2.05) is 0 Å². The quantitative estimate of drug-likeness (QED) is 0.626. The highest BCUT2D eigenvalue weighted by molar-refractivity contribution is 7.86. The number of alkyl halides is 3. The maximum Gasteiger partial charge on any atom is 0.416 e. The van der Waals surface area contributed by atoms with Crippen molar-refractivity contribution in [3.63, 3.8) is 0 Å². The van der Waals surface area contributed by atoms with Gasteiger partial charge in [-0.2, -0.15) is 21.6 Å². The minimum atomic E-state index is -4.48.